The number of fused-ring (bicyclic) bond motifs is 1. The van der Waals surface area contributed by atoms with Crippen molar-refractivity contribution in [3.05, 3.63) is 104 Å². The highest BCUT2D eigenvalue weighted by Gasteiger charge is 2.22. The summed E-state index contributed by atoms with van der Waals surface area (Å²) in [5, 5.41) is 14.2. The molecule has 0 unspecified atom stereocenters. The van der Waals surface area contributed by atoms with Gasteiger partial charge in [-0.3, -0.25) is 4.79 Å². The number of para-hydroxylation sites is 1. The molecule has 1 saturated carbocycles. The number of nitrogens with zero attached hydrogens (tertiary/aromatic N) is 3. The number of hydrogen-bond donors (Lipinski definition) is 1. The first-order chi connectivity index (χ1) is 18.0. The van der Waals surface area contributed by atoms with Gasteiger partial charge in [0.15, 0.2) is 0 Å². The van der Waals surface area contributed by atoms with E-state index in [1.54, 1.807) is 36.5 Å². The van der Waals surface area contributed by atoms with Gasteiger partial charge in [0.25, 0.3) is 5.56 Å². The summed E-state index contributed by atoms with van der Waals surface area (Å²) in [5.74, 6) is 0.532. The molecule has 0 aliphatic heterocycles. The standard InChI is InChI=1S/C29H26BrN3O4/c30-23-14-15-25-24(16-23)28(34)33(27(32-25)20-6-2-1-3-7-20)31-17-22-8-4-5-9-26(22)37-18-19-10-12-21(13-11-19)29(35)36/h4-5,8-17,20H,1-3,6-7,18H2,(H,35,36). The van der Waals surface area contributed by atoms with Crippen molar-refractivity contribution in [3.8, 4) is 5.75 Å². The van der Waals surface area contributed by atoms with Gasteiger partial charge in [-0.15, -0.1) is 0 Å². The summed E-state index contributed by atoms with van der Waals surface area (Å²) in [4.78, 5) is 29.5. The summed E-state index contributed by atoms with van der Waals surface area (Å²) >= 11 is 3.46. The number of carbonyl (C=O) groups is 1. The average Bonchev–Trinajstić information content (AvgIpc) is 2.93. The molecule has 8 heteroatoms. The predicted octanol–water partition coefficient (Wildman–Crippen LogP) is 6.37. The molecule has 1 aromatic heterocycles. The first-order valence-corrected chi connectivity index (χ1v) is 13.1. The molecule has 1 aliphatic rings. The maximum atomic E-state index is 13.6. The Balaban J connectivity index is 1.47. The van der Waals surface area contributed by atoms with Gasteiger partial charge in [0, 0.05) is 16.0 Å². The maximum absolute atomic E-state index is 13.6. The molecular formula is C29H26BrN3O4. The fraction of sp³-hybridized carbons (Fsp3) is 0.241. The molecule has 0 saturated heterocycles. The molecule has 1 heterocycles. The molecule has 0 bridgehead atoms. The van der Waals surface area contributed by atoms with Gasteiger partial charge in [-0.25, -0.2) is 9.78 Å². The Hall–Kier alpha value is -3.78. The lowest BCUT2D eigenvalue weighted by Gasteiger charge is -2.22. The van der Waals surface area contributed by atoms with Crippen molar-refractivity contribution in [3.63, 3.8) is 0 Å². The number of aromatic nitrogens is 2. The third kappa shape index (κ3) is 5.64. The van der Waals surface area contributed by atoms with Crippen LogP contribution in [0.3, 0.4) is 0 Å². The largest absolute Gasteiger partial charge is 0.488 e. The third-order valence-electron chi connectivity index (χ3n) is 6.63. The van der Waals surface area contributed by atoms with Crippen LogP contribution in [0.5, 0.6) is 5.75 Å². The Bertz CT molecular complexity index is 1520. The Morgan fingerprint density at radius 2 is 1.84 bits per heavy atom. The molecule has 0 radical (unpaired) electrons. The molecule has 4 aromatic rings. The molecule has 7 nitrogen and oxygen atoms in total. The number of ether oxygens (including phenoxy) is 1. The number of carboxylic acid groups (broad SMARTS) is 1. The van der Waals surface area contributed by atoms with Gasteiger partial charge in [-0.1, -0.05) is 59.5 Å². The third-order valence-corrected chi connectivity index (χ3v) is 7.12. The van der Waals surface area contributed by atoms with Crippen molar-refractivity contribution >= 4 is 39.0 Å². The van der Waals surface area contributed by atoms with E-state index in [1.165, 1.54) is 11.1 Å². The zero-order valence-electron chi connectivity index (χ0n) is 20.1. The first kappa shape index (κ1) is 24.9. The molecule has 0 spiro atoms. The highest BCUT2D eigenvalue weighted by atomic mass is 79.9. The number of carboxylic acids is 1. The second-order valence-corrected chi connectivity index (χ2v) is 10.1. The lowest BCUT2D eigenvalue weighted by molar-refractivity contribution is 0.0697. The van der Waals surface area contributed by atoms with Crippen LogP contribution < -0.4 is 10.3 Å². The summed E-state index contributed by atoms with van der Waals surface area (Å²) in [6.07, 6.45) is 7.06. The first-order valence-electron chi connectivity index (χ1n) is 12.3. The molecule has 1 fully saturated rings. The number of hydrogen-bond acceptors (Lipinski definition) is 5. The van der Waals surface area contributed by atoms with E-state index in [1.807, 2.05) is 36.4 Å². The minimum Gasteiger partial charge on any atom is -0.488 e. The molecule has 1 N–H and O–H groups in total. The van der Waals surface area contributed by atoms with Crippen LogP contribution in [-0.2, 0) is 6.61 Å². The molecule has 5 rings (SSSR count). The SMILES string of the molecule is O=C(O)c1ccc(COc2ccccc2C=Nn2c(C3CCCCC3)nc3ccc(Br)cc3c2=O)cc1. The van der Waals surface area contributed by atoms with E-state index >= 15 is 0 Å². The van der Waals surface area contributed by atoms with Gasteiger partial charge < -0.3 is 9.84 Å². The fourth-order valence-electron chi connectivity index (χ4n) is 4.65. The van der Waals surface area contributed by atoms with Crippen molar-refractivity contribution in [2.45, 2.75) is 44.6 Å². The van der Waals surface area contributed by atoms with Crippen molar-refractivity contribution in [2.75, 3.05) is 0 Å². The van der Waals surface area contributed by atoms with Crippen molar-refractivity contribution in [1.29, 1.82) is 0 Å². The minimum absolute atomic E-state index is 0.187. The fourth-order valence-corrected chi connectivity index (χ4v) is 5.01. The van der Waals surface area contributed by atoms with Gasteiger partial charge in [0.1, 0.15) is 18.2 Å². The van der Waals surface area contributed by atoms with Crippen LogP contribution >= 0.6 is 15.9 Å². The topological polar surface area (TPSA) is 93.8 Å². The monoisotopic (exact) mass is 559 g/mol. The second-order valence-electron chi connectivity index (χ2n) is 9.16. The lowest BCUT2D eigenvalue weighted by atomic mass is 9.88. The zero-order valence-corrected chi connectivity index (χ0v) is 21.7. The molecular weight excluding hydrogens is 534 g/mol. The van der Waals surface area contributed by atoms with Gasteiger partial charge in [-0.05, 0) is 60.9 Å². The Kier molecular flexibility index (Phi) is 7.46. The zero-order chi connectivity index (χ0) is 25.8. The number of benzene rings is 3. The van der Waals surface area contributed by atoms with Crippen LogP contribution in [0.25, 0.3) is 10.9 Å². The number of rotatable bonds is 7. The highest BCUT2D eigenvalue weighted by Crippen LogP contribution is 2.32. The summed E-state index contributed by atoms with van der Waals surface area (Å²) in [6, 6.07) is 19.6. The summed E-state index contributed by atoms with van der Waals surface area (Å²) < 4.78 is 8.29. The molecule has 0 amide bonds. The summed E-state index contributed by atoms with van der Waals surface area (Å²) in [6.45, 7) is 0.267. The van der Waals surface area contributed by atoms with Gasteiger partial charge in [0.05, 0.1) is 22.7 Å². The highest BCUT2D eigenvalue weighted by molar-refractivity contribution is 9.10. The number of aromatic carboxylic acids is 1. The van der Waals surface area contributed by atoms with E-state index in [9.17, 15) is 9.59 Å². The van der Waals surface area contributed by atoms with Crippen molar-refractivity contribution < 1.29 is 14.6 Å². The molecule has 3 aromatic carbocycles. The van der Waals surface area contributed by atoms with E-state index in [0.717, 1.165) is 41.3 Å². The lowest BCUT2D eigenvalue weighted by Crippen LogP contribution is -2.25. The van der Waals surface area contributed by atoms with Crippen LogP contribution in [0.4, 0.5) is 0 Å². The predicted molar refractivity (Wildman–Crippen MR) is 147 cm³/mol. The Labute approximate surface area is 222 Å². The van der Waals surface area contributed by atoms with Gasteiger partial charge >= 0.3 is 5.97 Å². The number of halogens is 1. The molecule has 0 atom stereocenters. The van der Waals surface area contributed by atoms with Crippen LogP contribution in [0.1, 0.15) is 65.3 Å². The smallest absolute Gasteiger partial charge is 0.335 e. The van der Waals surface area contributed by atoms with E-state index < -0.39 is 5.97 Å². The van der Waals surface area contributed by atoms with E-state index in [4.69, 9.17) is 14.8 Å². The van der Waals surface area contributed by atoms with Crippen molar-refractivity contribution in [2.24, 2.45) is 5.10 Å². The average molecular weight is 560 g/mol. The van der Waals surface area contributed by atoms with Crippen LogP contribution in [-0.4, -0.2) is 27.0 Å². The van der Waals surface area contributed by atoms with Crippen molar-refractivity contribution in [1.82, 2.24) is 9.66 Å². The minimum atomic E-state index is -0.965. The van der Waals surface area contributed by atoms with E-state index in [2.05, 4.69) is 21.0 Å². The second kappa shape index (κ2) is 11.1. The molecule has 1 aliphatic carbocycles. The van der Waals surface area contributed by atoms with E-state index in [-0.39, 0.29) is 23.6 Å². The Morgan fingerprint density at radius 3 is 2.59 bits per heavy atom. The van der Waals surface area contributed by atoms with E-state index in [0.29, 0.717) is 22.5 Å². The van der Waals surface area contributed by atoms with Crippen LogP contribution in [0.15, 0.2) is 81.1 Å². The van der Waals surface area contributed by atoms with Gasteiger partial charge in [0.2, 0.25) is 0 Å². The molecule has 37 heavy (non-hydrogen) atoms. The van der Waals surface area contributed by atoms with Crippen LogP contribution in [0, 0.1) is 0 Å². The maximum Gasteiger partial charge on any atom is 0.335 e. The van der Waals surface area contributed by atoms with Gasteiger partial charge in [-0.2, -0.15) is 9.78 Å². The quantitative estimate of drug-likeness (QED) is 0.265. The summed E-state index contributed by atoms with van der Waals surface area (Å²) in [5.41, 5.74) is 2.28. The Morgan fingerprint density at radius 1 is 1.08 bits per heavy atom. The molecule has 188 valence electrons. The van der Waals surface area contributed by atoms with Crippen LogP contribution in [0.2, 0.25) is 0 Å². The normalized spacial score (nSPS) is 14.3. The summed E-state index contributed by atoms with van der Waals surface area (Å²) in [7, 11) is 0.